The Kier molecular flexibility index (Phi) is 6.47. The van der Waals surface area contributed by atoms with Gasteiger partial charge in [-0.1, -0.05) is 37.3 Å². The fraction of sp³-hybridized carbons (Fsp3) is 0.364. The summed E-state index contributed by atoms with van der Waals surface area (Å²) in [5.41, 5.74) is 2.41. The number of nitrogens with zero attached hydrogens (tertiary/aromatic N) is 1. The van der Waals surface area contributed by atoms with Crippen LogP contribution in [-0.2, 0) is 4.79 Å². The molecule has 2 aromatic rings. The van der Waals surface area contributed by atoms with Gasteiger partial charge < -0.3 is 15.5 Å². The Morgan fingerprint density at radius 1 is 1.00 bits per heavy atom. The summed E-state index contributed by atoms with van der Waals surface area (Å²) in [4.78, 5) is 27.0. The van der Waals surface area contributed by atoms with E-state index in [0.717, 1.165) is 37.2 Å². The number of hydrogen-bond donors (Lipinski definition) is 2. The van der Waals surface area contributed by atoms with E-state index in [1.807, 2.05) is 66.4 Å². The molecule has 0 spiro atoms. The number of nitrogens with one attached hydrogen (secondary N) is 2. The Morgan fingerprint density at radius 3 is 2.37 bits per heavy atom. The van der Waals surface area contributed by atoms with Gasteiger partial charge in [-0.05, 0) is 43.5 Å². The molecule has 2 N–H and O–H groups in total. The minimum Gasteiger partial charge on any atom is -0.356 e. The first-order valence-electron chi connectivity index (χ1n) is 9.67. The van der Waals surface area contributed by atoms with Crippen LogP contribution in [-0.4, -0.2) is 36.3 Å². The summed E-state index contributed by atoms with van der Waals surface area (Å²) in [5.74, 6) is 0.148. The van der Waals surface area contributed by atoms with Gasteiger partial charge in [-0.15, -0.1) is 0 Å². The largest absolute Gasteiger partial charge is 0.356 e. The number of benzene rings is 2. The van der Waals surface area contributed by atoms with Gasteiger partial charge in [0.2, 0.25) is 5.91 Å². The molecule has 27 heavy (non-hydrogen) atoms. The Labute approximate surface area is 160 Å². The molecule has 0 unspecified atom stereocenters. The van der Waals surface area contributed by atoms with Gasteiger partial charge in [0, 0.05) is 31.2 Å². The second-order valence-corrected chi connectivity index (χ2v) is 6.89. The van der Waals surface area contributed by atoms with Crippen LogP contribution < -0.4 is 10.6 Å². The zero-order chi connectivity index (χ0) is 19.1. The third-order valence-corrected chi connectivity index (χ3v) is 4.91. The highest BCUT2D eigenvalue weighted by Crippen LogP contribution is 2.25. The molecule has 1 saturated heterocycles. The molecule has 1 fully saturated rings. The third kappa shape index (κ3) is 4.88. The summed E-state index contributed by atoms with van der Waals surface area (Å²) in [6.45, 7) is 3.99. The number of anilines is 2. The maximum absolute atomic E-state index is 13.0. The maximum Gasteiger partial charge on any atom is 0.255 e. The molecule has 3 rings (SSSR count). The smallest absolute Gasteiger partial charge is 0.255 e. The van der Waals surface area contributed by atoms with Crippen molar-refractivity contribution < 1.29 is 9.59 Å². The van der Waals surface area contributed by atoms with Crippen molar-refractivity contribution in [1.82, 2.24) is 10.2 Å². The van der Waals surface area contributed by atoms with Crippen molar-refractivity contribution in [1.29, 1.82) is 0 Å². The number of amides is 2. The first kappa shape index (κ1) is 19.0. The van der Waals surface area contributed by atoms with Gasteiger partial charge in [0.25, 0.3) is 5.91 Å². The fourth-order valence-corrected chi connectivity index (χ4v) is 3.36. The van der Waals surface area contributed by atoms with Crippen molar-refractivity contribution in [2.24, 2.45) is 5.92 Å². The van der Waals surface area contributed by atoms with Crippen molar-refractivity contribution in [3.8, 4) is 0 Å². The van der Waals surface area contributed by atoms with Crippen LogP contribution in [0.3, 0.4) is 0 Å². The number of carbonyl (C=O) groups excluding carboxylic acids is 2. The fourth-order valence-electron chi connectivity index (χ4n) is 3.36. The first-order valence-corrected chi connectivity index (χ1v) is 9.67. The highest BCUT2D eigenvalue weighted by molar-refractivity contribution is 6.00. The quantitative estimate of drug-likeness (QED) is 0.818. The molecule has 2 aromatic carbocycles. The van der Waals surface area contributed by atoms with Crippen molar-refractivity contribution in [2.45, 2.75) is 26.2 Å². The predicted molar refractivity (Wildman–Crippen MR) is 108 cm³/mol. The van der Waals surface area contributed by atoms with Crippen LogP contribution in [0.1, 0.15) is 36.5 Å². The van der Waals surface area contributed by atoms with E-state index in [1.54, 1.807) is 0 Å². The van der Waals surface area contributed by atoms with Crippen LogP contribution in [0.2, 0.25) is 0 Å². The second kappa shape index (κ2) is 9.21. The molecular weight excluding hydrogens is 338 g/mol. The molecular formula is C22H27N3O2. The summed E-state index contributed by atoms with van der Waals surface area (Å²) in [7, 11) is 0. The molecule has 1 heterocycles. The number of hydrogen-bond acceptors (Lipinski definition) is 3. The molecule has 0 atom stereocenters. The van der Waals surface area contributed by atoms with E-state index in [1.165, 1.54) is 0 Å². The topological polar surface area (TPSA) is 61.4 Å². The lowest BCUT2D eigenvalue weighted by Crippen LogP contribution is -2.43. The third-order valence-electron chi connectivity index (χ3n) is 4.91. The Bertz CT molecular complexity index is 768. The van der Waals surface area contributed by atoms with Gasteiger partial charge in [0.05, 0.1) is 11.3 Å². The minimum atomic E-state index is 0.0123. The molecule has 2 amide bonds. The lowest BCUT2D eigenvalue weighted by atomic mass is 9.95. The Morgan fingerprint density at radius 2 is 1.67 bits per heavy atom. The van der Waals surface area contributed by atoms with Crippen molar-refractivity contribution in [3.05, 3.63) is 60.2 Å². The highest BCUT2D eigenvalue weighted by atomic mass is 16.2. The van der Waals surface area contributed by atoms with Crippen LogP contribution in [0.5, 0.6) is 0 Å². The van der Waals surface area contributed by atoms with Crippen LogP contribution >= 0.6 is 0 Å². The van der Waals surface area contributed by atoms with Gasteiger partial charge in [-0.3, -0.25) is 9.59 Å². The number of para-hydroxylation sites is 2. The Balaban J connectivity index is 1.64. The maximum atomic E-state index is 13.0. The highest BCUT2D eigenvalue weighted by Gasteiger charge is 2.28. The van der Waals surface area contributed by atoms with Gasteiger partial charge in [-0.2, -0.15) is 0 Å². The summed E-state index contributed by atoms with van der Waals surface area (Å²) < 4.78 is 0. The zero-order valence-corrected chi connectivity index (χ0v) is 15.8. The van der Waals surface area contributed by atoms with E-state index in [4.69, 9.17) is 0 Å². The zero-order valence-electron chi connectivity index (χ0n) is 15.8. The van der Waals surface area contributed by atoms with E-state index in [9.17, 15) is 9.59 Å². The lowest BCUT2D eigenvalue weighted by molar-refractivity contribution is -0.126. The normalized spacial score (nSPS) is 14.6. The van der Waals surface area contributed by atoms with Crippen LogP contribution in [0, 0.1) is 5.92 Å². The number of rotatable bonds is 6. The standard InChI is InChI=1S/C22H27N3O2/c1-2-14-23-21(26)17-12-15-25(16-13-17)22(27)19-10-6-7-11-20(19)24-18-8-4-3-5-9-18/h3-11,17,24H,2,12-16H2,1H3,(H,23,26). The van der Waals surface area contributed by atoms with Crippen molar-refractivity contribution in [2.75, 3.05) is 25.0 Å². The summed E-state index contributed by atoms with van der Waals surface area (Å²) in [6, 6.07) is 17.4. The van der Waals surface area contributed by atoms with E-state index in [2.05, 4.69) is 10.6 Å². The van der Waals surface area contributed by atoms with Gasteiger partial charge in [-0.25, -0.2) is 0 Å². The van der Waals surface area contributed by atoms with E-state index in [0.29, 0.717) is 18.7 Å². The molecule has 5 nitrogen and oxygen atoms in total. The molecule has 142 valence electrons. The molecule has 5 heteroatoms. The van der Waals surface area contributed by atoms with Gasteiger partial charge in [0.1, 0.15) is 0 Å². The summed E-state index contributed by atoms with van der Waals surface area (Å²) in [5, 5.41) is 6.29. The number of piperidine rings is 1. The second-order valence-electron chi connectivity index (χ2n) is 6.89. The monoisotopic (exact) mass is 365 g/mol. The SMILES string of the molecule is CCCNC(=O)C1CCN(C(=O)c2ccccc2Nc2ccccc2)CC1. The van der Waals surface area contributed by atoms with Crippen LogP contribution in [0.15, 0.2) is 54.6 Å². The molecule has 1 aliphatic rings. The minimum absolute atomic E-state index is 0.0123. The van der Waals surface area contributed by atoms with Crippen LogP contribution in [0.25, 0.3) is 0 Å². The molecule has 0 bridgehead atoms. The van der Waals surface area contributed by atoms with Gasteiger partial charge in [0.15, 0.2) is 0 Å². The number of carbonyl (C=O) groups is 2. The average molecular weight is 365 g/mol. The number of likely N-dealkylation sites (tertiary alicyclic amines) is 1. The molecule has 0 aliphatic carbocycles. The van der Waals surface area contributed by atoms with Crippen molar-refractivity contribution >= 4 is 23.2 Å². The molecule has 0 radical (unpaired) electrons. The lowest BCUT2D eigenvalue weighted by Gasteiger charge is -2.32. The first-order chi connectivity index (χ1) is 13.2. The van der Waals surface area contributed by atoms with E-state index < -0.39 is 0 Å². The average Bonchev–Trinajstić information content (AvgIpc) is 2.73. The molecule has 0 saturated carbocycles. The van der Waals surface area contributed by atoms with E-state index >= 15 is 0 Å². The summed E-state index contributed by atoms with van der Waals surface area (Å²) in [6.07, 6.45) is 2.37. The Hall–Kier alpha value is -2.82. The molecule has 0 aromatic heterocycles. The van der Waals surface area contributed by atoms with Crippen LogP contribution in [0.4, 0.5) is 11.4 Å². The summed E-state index contributed by atoms with van der Waals surface area (Å²) >= 11 is 0. The van der Waals surface area contributed by atoms with Crippen molar-refractivity contribution in [3.63, 3.8) is 0 Å². The van der Waals surface area contributed by atoms with E-state index in [-0.39, 0.29) is 17.7 Å². The predicted octanol–water partition coefficient (Wildman–Crippen LogP) is 3.81. The van der Waals surface area contributed by atoms with Gasteiger partial charge >= 0.3 is 0 Å². The molecule has 1 aliphatic heterocycles.